The molecular formula is C23H24N4O3S. The van der Waals surface area contributed by atoms with Gasteiger partial charge in [0.25, 0.3) is 5.72 Å². The molecule has 1 atom stereocenters. The molecule has 1 N–H and O–H groups in total. The normalized spacial score (nSPS) is 21.7. The number of ether oxygens (including phenoxy) is 1. The number of hydrogen-bond donors (Lipinski definition) is 1. The molecule has 0 bridgehead atoms. The third-order valence-corrected chi connectivity index (χ3v) is 6.75. The van der Waals surface area contributed by atoms with Gasteiger partial charge in [-0.2, -0.15) is 0 Å². The molecule has 0 radical (unpaired) electrons. The predicted octanol–water partition coefficient (Wildman–Crippen LogP) is 3.92. The zero-order valence-corrected chi connectivity index (χ0v) is 18.3. The van der Waals surface area contributed by atoms with E-state index in [2.05, 4.69) is 27.2 Å². The van der Waals surface area contributed by atoms with Gasteiger partial charge in [0, 0.05) is 12.7 Å². The van der Waals surface area contributed by atoms with Crippen molar-refractivity contribution in [1.29, 1.82) is 0 Å². The van der Waals surface area contributed by atoms with Crippen molar-refractivity contribution in [2.24, 2.45) is 5.16 Å². The highest BCUT2D eigenvalue weighted by molar-refractivity contribution is 7.10. The lowest BCUT2D eigenvalue weighted by atomic mass is 9.97. The van der Waals surface area contributed by atoms with E-state index in [-0.39, 0.29) is 6.61 Å². The number of imidazole rings is 1. The van der Waals surface area contributed by atoms with Gasteiger partial charge in [-0.1, -0.05) is 17.3 Å². The zero-order chi connectivity index (χ0) is 21.4. The van der Waals surface area contributed by atoms with Gasteiger partial charge in [-0.3, -0.25) is 0 Å². The van der Waals surface area contributed by atoms with Gasteiger partial charge in [0.05, 0.1) is 29.7 Å². The van der Waals surface area contributed by atoms with E-state index in [9.17, 15) is 5.11 Å². The number of piperidine rings is 1. The Hall–Kier alpha value is -3.10. The van der Waals surface area contributed by atoms with Crippen LogP contribution in [0, 0.1) is 6.92 Å². The van der Waals surface area contributed by atoms with Gasteiger partial charge in [-0.15, -0.1) is 11.3 Å². The van der Waals surface area contributed by atoms with E-state index < -0.39 is 5.72 Å². The molecular weight excluding hydrogens is 412 g/mol. The van der Waals surface area contributed by atoms with Crippen LogP contribution in [0.2, 0.25) is 0 Å². The molecule has 0 aliphatic carbocycles. The van der Waals surface area contributed by atoms with Crippen LogP contribution in [0.25, 0.3) is 11.8 Å². The van der Waals surface area contributed by atoms with Crippen molar-refractivity contribution in [2.75, 3.05) is 20.3 Å². The molecule has 8 heteroatoms. The number of oxime groups is 1. The van der Waals surface area contributed by atoms with Crippen LogP contribution in [-0.2, 0) is 10.6 Å². The summed E-state index contributed by atoms with van der Waals surface area (Å²) >= 11 is 1.57. The summed E-state index contributed by atoms with van der Waals surface area (Å²) in [7, 11) is 1.67. The lowest BCUT2D eigenvalue weighted by Gasteiger charge is -2.37. The van der Waals surface area contributed by atoms with Crippen LogP contribution < -0.4 is 4.74 Å². The van der Waals surface area contributed by atoms with Crippen molar-refractivity contribution in [3.05, 3.63) is 69.9 Å². The first-order chi connectivity index (χ1) is 15.1. The van der Waals surface area contributed by atoms with E-state index in [4.69, 9.17) is 9.57 Å². The lowest BCUT2D eigenvalue weighted by Crippen LogP contribution is -2.50. The predicted molar refractivity (Wildman–Crippen MR) is 120 cm³/mol. The maximum absolute atomic E-state index is 10.2. The van der Waals surface area contributed by atoms with Crippen molar-refractivity contribution >= 4 is 23.2 Å². The topological polar surface area (TPSA) is 72.1 Å². The maximum Gasteiger partial charge on any atom is 0.269 e. The molecule has 2 aliphatic heterocycles. The number of benzene rings is 1. The molecule has 160 valence electrons. The van der Waals surface area contributed by atoms with Gasteiger partial charge in [-0.05, 0) is 60.6 Å². The molecule has 4 heterocycles. The molecule has 1 saturated heterocycles. The summed E-state index contributed by atoms with van der Waals surface area (Å²) in [6.45, 7) is 2.60. The van der Waals surface area contributed by atoms with Gasteiger partial charge in [0.1, 0.15) is 12.4 Å². The SMILES string of the molecule is COc1cc(/C=C2\CCCN3C2=NOC3(CO)c2cccs2)ccc1-n1cnc(C)c1. The molecule has 5 rings (SSSR count). The monoisotopic (exact) mass is 436 g/mol. The Labute approximate surface area is 184 Å². The highest BCUT2D eigenvalue weighted by atomic mass is 32.1. The first kappa shape index (κ1) is 19.8. The summed E-state index contributed by atoms with van der Waals surface area (Å²) in [5.74, 6) is 1.56. The number of nitrogens with zero attached hydrogens (tertiary/aromatic N) is 4. The molecule has 31 heavy (non-hydrogen) atoms. The van der Waals surface area contributed by atoms with Crippen molar-refractivity contribution in [3.63, 3.8) is 0 Å². The van der Waals surface area contributed by atoms with Gasteiger partial charge >= 0.3 is 0 Å². The van der Waals surface area contributed by atoms with E-state index in [1.165, 1.54) is 0 Å². The Morgan fingerprint density at radius 2 is 2.26 bits per heavy atom. The number of thiophene rings is 1. The average Bonchev–Trinajstić information content (AvgIpc) is 3.54. The van der Waals surface area contributed by atoms with Crippen molar-refractivity contribution < 1.29 is 14.7 Å². The summed E-state index contributed by atoms with van der Waals surface area (Å²) in [6, 6.07) is 10.1. The summed E-state index contributed by atoms with van der Waals surface area (Å²) in [5.41, 5.74) is 3.08. The molecule has 1 fully saturated rings. The fourth-order valence-corrected chi connectivity index (χ4v) is 5.06. The van der Waals surface area contributed by atoms with Crippen molar-refractivity contribution in [1.82, 2.24) is 14.5 Å². The fourth-order valence-electron chi connectivity index (χ4n) is 4.21. The van der Waals surface area contributed by atoms with E-state index in [1.807, 2.05) is 47.3 Å². The van der Waals surface area contributed by atoms with Crippen LogP contribution >= 0.6 is 11.3 Å². The number of hydrogen-bond acceptors (Lipinski definition) is 7. The van der Waals surface area contributed by atoms with Crippen LogP contribution in [0.5, 0.6) is 5.75 Å². The Morgan fingerprint density at radius 1 is 1.35 bits per heavy atom. The van der Waals surface area contributed by atoms with E-state index in [1.54, 1.807) is 24.8 Å². The van der Waals surface area contributed by atoms with Gasteiger partial charge in [0.2, 0.25) is 0 Å². The summed E-state index contributed by atoms with van der Waals surface area (Å²) in [6.07, 6.45) is 7.74. The van der Waals surface area contributed by atoms with Crippen LogP contribution in [0.4, 0.5) is 0 Å². The fraction of sp³-hybridized carbons (Fsp3) is 0.304. The zero-order valence-electron chi connectivity index (χ0n) is 17.5. The number of aryl methyl sites for hydroxylation is 1. The first-order valence-corrected chi connectivity index (χ1v) is 11.1. The minimum Gasteiger partial charge on any atom is -0.495 e. The number of amidine groups is 1. The highest BCUT2D eigenvalue weighted by Crippen LogP contribution is 2.42. The van der Waals surface area contributed by atoms with Crippen molar-refractivity contribution in [2.45, 2.75) is 25.5 Å². The molecule has 0 spiro atoms. The second kappa shape index (κ2) is 7.86. The smallest absolute Gasteiger partial charge is 0.269 e. The summed E-state index contributed by atoms with van der Waals surface area (Å²) in [4.78, 5) is 13.2. The van der Waals surface area contributed by atoms with E-state index in [0.717, 1.165) is 58.4 Å². The quantitative estimate of drug-likeness (QED) is 0.656. The van der Waals surface area contributed by atoms with Crippen LogP contribution in [-0.4, -0.2) is 45.7 Å². The Morgan fingerprint density at radius 3 is 2.97 bits per heavy atom. The Balaban J connectivity index is 1.47. The van der Waals surface area contributed by atoms with Gasteiger partial charge < -0.3 is 24.1 Å². The lowest BCUT2D eigenvalue weighted by molar-refractivity contribution is -0.134. The molecule has 0 saturated carbocycles. The molecule has 1 unspecified atom stereocenters. The first-order valence-electron chi connectivity index (χ1n) is 10.2. The molecule has 7 nitrogen and oxygen atoms in total. The number of fused-ring (bicyclic) bond motifs is 1. The highest BCUT2D eigenvalue weighted by Gasteiger charge is 2.50. The largest absolute Gasteiger partial charge is 0.495 e. The summed E-state index contributed by atoms with van der Waals surface area (Å²) in [5, 5.41) is 16.6. The molecule has 3 aromatic rings. The number of aliphatic hydroxyl groups is 1. The number of aliphatic hydroxyl groups excluding tert-OH is 1. The third-order valence-electron chi connectivity index (χ3n) is 5.74. The molecule has 2 aromatic heterocycles. The molecule has 2 aliphatic rings. The van der Waals surface area contributed by atoms with Gasteiger partial charge in [-0.25, -0.2) is 4.98 Å². The van der Waals surface area contributed by atoms with Crippen LogP contribution in [0.15, 0.2) is 59.0 Å². The molecule has 1 aromatic carbocycles. The maximum atomic E-state index is 10.2. The average molecular weight is 437 g/mol. The number of rotatable bonds is 5. The van der Waals surface area contributed by atoms with Crippen LogP contribution in [0.3, 0.4) is 0 Å². The third kappa shape index (κ3) is 3.32. The standard InChI is InChI=1S/C23H24N4O3S/c1-16-13-26(15-24-16)19-8-7-17(12-20(19)29-2)11-18-5-3-9-27-22(18)25-30-23(27,14-28)21-6-4-10-31-21/h4,6-8,10-13,15,28H,3,5,9,14H2,1-2H3/b18-11+. The second-order valence-corrected chi connectivity index (χ2v) is 8.65. The van der Waals surface area contributed by atoms with E-state index >= 15 is 0 Å². The van der Waals surface area contributed by atoms with E-state index in [0.29, 0.717) is 0 Å². The number of methoxy groups -OCH3 is 1. The second-order valence-electron chi connectivity index (χ2n) is 7.70. The molecule has 0 amide bonds. The van der Waals surface area contributed by atoms with Gasteiger partial charge in [0.15, 0.2) is 5.84 Å². The Kier molecular flexibility index (Phi) is 5.03. The Bertz CT molecular complexity index is 1150. The number of aromatic nitrogens is 2. The summed E-state index contributed by atoms with van der Waals surface area (Å²) < 4.78 is 7.61. The minimum atomic E-state index is -0.927. The van der Waals surface area contributed by atoms with Crippen LogP contribution in [0.1, 0.15) is 29.0 Å². The van der Waals surface area contributed by atoms with Crippen molar-refractivity contribution in [3.8, 4) is 11.4 Å². The minimum absolute atomic E-state index is 0.152.